The van der Waals surface area contributed by atoms with Gasteiger partial charge in [0.15, 0.2) is 0 Å². The number of ether oxygens (including phenoxy) is 1. The zero-order chi connectivity index (χ0) is 8.10. The van der Waals surface area contributed by atoms with Crippen LogP contribution in [0.25, 0.3) is 0 Å². The normalized spacial score (nSPS) is 25.9. The Balaban J connectivity index is 2.05. The first-order valence-corrected chi connectivity index (χ1v) is 4.64. The molecule has 1 fully saturated rings. The minimum Gasteiger partial charge on any atom is -0.363 e. The van der Waals surface area contributed by atoms with E-state index in [1.54, 1.807) is 0 Å². The van der Waals surface area contributed by atoms with Crippen LogP contribution < -0.4 is 5.32 Å². The summed E-state index contributed by atoms with van der Waals surface area (Å²) in [5.74, 6) is 0.723. The van der Waals surface area contributed by atoms with Crippen molar-refractivity contribution >= 4 is 0 Å². The van der Waals surface area contributed by atoms with E-state index in [9.17, 15) is 0 Å². The molecule has 0 aliphatic carbocycles. The summed E-state index contributed by atoms with van der Waals surface area (Å²) in [5, 5.41) is 3.40. The summed E-state index contributed by atoms with van der Waals surface area (Å²) >= 11 is 0. The second-order valence-corrected chi connectivity index (χ2v) is 3.66. The summed E-state index contributed by atoms with van der Waals surface area (Å²) in [4.78, 5) is 0. The molecule has 0 aromatic carbocycles. The van der Waals surface area contributed by atoms with Crippen molar-refractivity contribution in [1.82, 2.24) is 5.32 Å². The van der Waals surface area contributed by atoms with Gasteiger partial charge in [0.1, 0.15) is 6.23 Å². The fraction of sp³-hybridized carbons (Fsp3) is 1.00. The zero-order valence-corrected chi connectivity index (χ0v) is 7.60. The number of hydrogen-bond acceptors (Lipinski definition) is 2. The maximum Gasteiger partial charge on any atom is 0.108 e. The molecule has 66 valence electrons. The van der Waals surface area contributed by atoms with Crippen LogP contribution in [0, 0.1) is 5.92 Å². The molecule has 0 aromatic heterocycles. The van der Waals surface area contributed by atoms with E-state index >= 15 is 0 Å². The predicted octanol–water partition coefficient (Wildman–Crippen LogP) is 1.76. The van der Waals surface area contributed by atoms with Gasteiger partial charge in [0.2, 0.25) is 0 Å². The highest BCUT2D eigenvalue weighted by molar-refractivity contribution is 4.62. The Morgan fingerprint density at radius 3 is 2.82 bits per heavy atom. The van der Waals surface area contributed by atoms with Crippen molar-refractivity contribution in [3.63, 3.8) is 0 Å². The van der Waals surface area contributed by atoms with Crippen molar-refractivity contribution in [2.24, 2.45) is 5.92 Å². The van der Waals surface area contributed by atoms with Crippen LogP contribution in [-0.2, 0) is 4.74 Å². The van der Waals surface area contributed by atoms with Crippen LogP contribution in [0.2, 0.25) is 0 Å². The van der Waals surface area contributed by atoms with Gasteiger partial charge in [0.25, 0.3) is 0 Å². The van der Waals surface area contributed by atoms with Gasteiger partial charge in [-0.1, -0.05) is 13.8 Å². The second kappa shape index (κ2) is 4.73. The molecule has 11 heavy (non-hydrogen) atoms. The molecule has 0 spiro atoms. The highest BCUT2D eigenvalue weighted by Gasteiger charge is 2.12. The third-order valence-electron chi connectivity index (χ3n) is 1.93. The molecule has 2 nitrogen and oxygen atoms in total. The largest absolute Gasteiger partial charge is 0.363 e. The van der Waals surface area contributed by atoms with E-state index in [4.69, 9.17) is 4.74 Å². The summed E-state index contributed by atoms with van der Waals surface area (Å²) in [7, 11) is 0. The summed E-state index contributed by atoms with van der Waals surface area (Å²) < 4.78 is 5.52. The Morgan fingerprint density at radius 2 is 2.27 bits per heavy atom. The maximum atomic E-state index is 5.52. The first kappa shape index (κ1) is 9.01. The zero-order valence-electron chi connectivity index (χ0n) is 7.60. The van der Waals surface area contributed by atoms with E-state index in [0.717, 1.165) is 19.1 Å². The first-order valence-electron chi connectivity index (χ1n) is 4.64. The molecular formula is C9H19NO. The van der Waals surface area contributed by atoms with Gasteiger partial charge >= 0.3 is 0 Å². The van der Waals surface area contributed by atoms with Crippen LogP contribution in [0.3, 0.4) is 0 Å². The van der Waals surface area contributed by atoms with Gasteiger partial charge in [-0.05, 0) is 31.7 Å². The van der Waals surface area contributed by atoms with Gasteiger partial charge in [0, 0.05) is 6.61 Å². The molecule has 1 saturated heterocycles. The maximum absolute atomic E-state index is 5.52. The fourth-order valence-corrected chi connectivity index (χ4v) is 1.27. The van der Waals surface area contributed by atoms with Crippen molar-refractivity contribution in [2.75, 3.05) is 13.2 Å². The summed E-state index contributed by atoms with van der Waals surface area (Å²) in [6.07, 6.45) is 4.08. The van der Waals surface area contributed by atoms with E-state index in [2.05, 4.69) is 19.2 Å². The van der Waals surface area contributed by atoms with Crippen LogP contribution in [0.15, 0.2) is 0 Å². The van der Waals surface area contributed by atoms with E-state index in [1.807, 2.05) is 0 Å². The molecular weight excluding hydrogens is 138 g/mol. The van der Waals surface area contributed by atoms with E-state index in [-0.39, 0.29) is 0 Å². The molecule has 0 amide bonds. The van der Waals surface area contributed by atoms with Crippen LogP contribution >= 0.6 is 0 Å². The monoisotopic (exact) mass is 157 g/mol. The Bertz CT molecular complexity index is 97.7. The molecule has 1 atom stereocenters. The van der Waals surface area contributed by atoms with Gasteiger partial charge in [-0.2, -0.15) is 0 Å². The Hall–Kier alpha value is -0.0800. The third kappa shape index (κ3) is 3.73. The summed E-state index contributed by atoms with van der Waals surface area (Å²) in [6, 6.07) is 0. The van der Waals surface area contributed by atoms with Crippen LogP contribution in [0.5, 0.6) is 0 Å². The number of nitrogens with one attached hydrogen (secondary N) is 1. The summed E-state index contributed by atoms with van der Waals surface area (Å²) in [6.45, 7) is 6.45. The molecule has 0 radical (unpaired) electrons. The van der Waals surface area contributed by atoms with Gasteiger partial charge in [-0.3, -0.25) is 5.32 Å². The second-order valence-electron chi connectivity index (χ2n) is 3.66. The van der Waals surface area contributed by atoms with Crippen LogP contribution in [-0.4, -0.2) is 19.4 Å². The quantitative estimate of drug-likeness (QED) is 0.674. The molecule has 1 aliphatic heterocycles. The lowest BCUT2D eigenvalue weighted by Crippen LogP contribution is -2.36. The molecule has 1 rings (SSSR count). The van der Waals surface area contributed by atoms with E-state index in [0.29, 0.717) is 6.23 Å². The molecule has 0 aromatic rings. The minimum absolute atomic E-state index is 0.339. The highest BCUT2D eigenvalue weighted by atomic mass is 16.5. The number of hydrogen-bond donors (Lipinski definition) is 1. The predicted molar refractivity (Wildman–Crippen MR) is 46.4 cm³/mol. The topological polar surface area (TPSA) is 21.3 Å². The standard InChI is InChI=1S/C9H19NO/c1-8(2)7-10-9-5-3-4-6-11-9/h8-10H,3-7H2,1-2H3. The Labute approximate surface area is 69.3 Å². The molecule has 2 heteroatoms. The lowest BCUT2D eigenvalue weighted by atomic mass is 10.1. The Morgan fingerprint density at radius 1 is 1.45 bits per heavy atom. The minimum atomic E-state index is 0.339. The molecule has 0 saturated carbocycles. The van der Waals surface area contributed by atoms with Crippen molar-refractivity contribution in [3.8, 4) is 0 Å². The third-order valence-corrected chi connectivity index (χ3v) is 1.93. The molecule has 1 N–H and O–H groups in total. The number of rotatable bonds is 3. The van der Waals surface area contributed by atoms with Gasteiger partial charge in [-0.25, -0.2) is 0 Å². The Kier molecular flexibility index (Phi) is 3.87. The van der Waals surface area contributed by atoms with Gasteiger partial charge in [0.05, 0.1) is 0 Å². The smallest absolute Gasteiger partial charge is 0.108 e. The van der Waals surface area contributed by atoms with Gasteiger partial charge in [-0.15, -0.1) is 0 Å². The van der Waals surface area contributed by atoms with E-state index < -0.39 is 0 Å². The van der Waals surface area contributed by atoms with Crippen molar-refractivity contribution in [3.05, 3.63) is 0 Å². The van der Waals surface area contributed by atoms with Crippen molar-refractivity contribution in [2.45, 2.75) is 39.3 Å². The van der Waals surface area contributed by atoms with Gasteiger partial charge < -0.3 is 4.74 Å². The van der Waals surface area contributed by atoms with E-state index in [1.165, 1.54) is 19.3 Å². The van der Waals surface area contributed by atoms with Crippen LogP contribution in [0.1, 0.15) is 33.1 Å². The highest BCUT2D eigenvalue weighted by Crippen LogP contribution is 2.10. The fourth-order valence-electron chi connectivity index (χ4n) is 1.27. The molecule has 0 bridgehead atoms. The van der Waals surface area contributed by atoms with Crippen LogP contribution in [0.4, 0.5) is 0 Å². The summed E-state index contributed by atoms with van der Waals surface area (Å²) in [5.41, 5.74) is 0. The van der Waals surface area contributed by atoms with Crippen molar-refractivity contribution < 1.29 is 4.74 Å². The first-order chi connectivity index (χ1) is 5.29. The average Bonchev–Trinajstić information content (AvgIpc) is 2.03. The molecule has 1 unspecified atom stereocenters. The molecule has 1 aliphatic rings. The van der Waals surface area contributed by atoms with Crippen molar-refractivity contribution in [1.29, 1.82) is 0 Å². The lowest BCUT2D eigenvalue weighted by molar-refractivity contribution is -0.00663. The average molecular weight is 157 g/mol. The SMILES string of the molecule is CC(C)CNC1CCCCO1. The molecule has 1 heterocycles. The lowest BCUT2D eigenvalue weighted by Gasteiger charge is -2.24.